The molecule has 0 bridgehead atoms. The van der Waals surface area contributed by atoms with Crippen molar-refractivity contribution in [2.75, 3.05) is 5.32 Å². The Morgan fingerprint density at radius 1 is 1.44 bits per heavy atom. The van der Waals surface area contributed by atoms with Crippen LogP contribution in [0.3, 0.4) is 0 Å². The van der Waals surface area contributed by atoms with Gasteiger partial charge in [-0.15, -0.1) is 0 Å². The monoisotopic (exact) mass is 239 g/mol. The lowest BCUT2D eigenvalue weighted by molar-refractivity contribution is -0.132. The Hall–Kier alpha value is -1.48. The summed E-state index contributed by atoms with van der Waals surface area (Å²) in [5, 5.41) is 12.5. The average Bonchev–Trinajstić information content (AvgIpc) is 2.22. The lowest BCUT2D eigenvalue weighted by Gasteiger charge is -2.11. The number of halogens is 1. The minimum atomic E-state index is -0.903. The van der Waals surface area contributed by atoms with E-state index in [-0.39, 0.29) is 0 Å². The Labute approximate surface area is 99.7 Å². The quantitative estimate of drug-likeness (QED) is 0.791. The first-order valence-corrected chi connectivity index (χ1v) is 5.38. The standard InChI is InChI=1S/C12H14ClNO2/c1-3-9(12(15)16)8(2)14-11-7-5-4-6-10(11)13/h4-7,14H,3H2,1-2H3,(H,15,16)/b9-8-. The van der Waals surface area contributed by atoms with Crippen LogP contribution in [0.25, 0.3) is 0 Å². The first kappa shape index (κ1) is 12.6. The molecule has 0 fully saturated rings. The van der Waals surface area contributed by atoms with Crippen molar-refractivity contribution < 1.29 is 9.90 Å². The molecular weight excluding hydrogens is 226 g/mol. The van der Waals surface area contributed by atoms with Crippen LogP contribution in [0.2, 0.25) is 5.02 Å². The lowest BCUT2D eigenvalue weighted by Crippen LogP contribution is -2.08. The Morgan fingerprint density at radius 2 is 2.06 bits per heavy atom. The largest absolute Gasteiger partial charge is 0.478 e. The number of carbonyl (C=O) groups is 1. The zero-order chi connectivity index (χ0) is 12.1. The lowest BCUT2D eigenvalue weighted by atomic mass is 10.1. The summed E-state index contributed by atoms with van der Waals surface area (Å²) in [6.45, 7) is 3.54. The highest BCUT2D eigenvalue weighted by molar-refractivity contribution is 6.33. The Balaban J connectivity index is 2.97. The molecule has 1 aromatic carbocycles. The molecule has 1 aromatic rings. The predicted molar refractivity (Wildman–Crippen MR) is 65.7 cm³/mol. The minimum Gasteiger partial charge on any atom is -0.478 e. The second kappa shape index (κ2) is 5.56. The number of carboxylic acids is 1. The van der Waals surface area contributed by atoms with Crippen molar-refractivity contribution in [2.45, 2.75) is 20.3 Å². The maximum absolute atomic E-state index is 10.9. The van der Waals surface area contributed by atoms with Crippen LogP contribution < -0.4 is 5.32 Å². The first-order valence-electron chi connectivity index (χ1n) is 5.00. The molecule has 4 heteroatoms. The van der Waals surface area contributed by atoms with Gasteiger partial charge in [-0.1, -0.05) is 30.7 Å². The van der Waals surface area contributed by atoms with E-state index in [9.17, 15) is 4.79 Å². The van der Waals surface area contributed by atoms with Gasteiger partial charge in [0.25, 0.3) is 0 Å². The molecule has 0 saturated carbocycles. The van der Waals surface area contributed by atoms with Gasteiger partial charge in [0.15, 0.2) is 0 Å². The van der Waals surface area contributed by atoms with Crippen LogP contribution in [0.5, 0.6) is 0 Å². The third-order valence-electron chi connectivity index (χ3n) is 2.26. The fourth-order valence-corrected chi connectivity index (χ4v) is 1.60. The van der Waals surface area contributed by atoms with Crippen molar-refractivity contribution in [2.24, 2.45) is 0 Å². The molecule has 2 N–H and O–H groups in total. The number of aliphatic carboxylic acids is 1. The molecule has 0 radical (unpaired) electrons. The summed E-state index contributed by atoms with van der Waals surface area (Å²) < 4.78 is 0. The second-order valence-electron chi connectivity index (χ2n) is 3.37. The van der Waals surface area contributed by atoms with Gasteiger partial charge in [0.2, 0.25) is 0 Å². The predicted octanol–water partition coefficient (Wildman–Crippen LogP) is 3.52. The van der Waals surface area contributed by atoms with E-state index in [1.54, 1.807) is 26.0 Å². The van der Waals surface area contributed by atoms with Crippen LogP contribution in [-0.4, -0.2) is 11.1 Å². The molecule has 3 nitrogen and oxygen atoms in total. The summed E-state index contributed by atoms with van der Waals surface area (Å²) in [5.41, 5.74) is 1.69. The summed E-state index contributed by atoms with van der Waals surface area (Å²) in [7, 11) is 0. The molecule has 0 atom stereocenters. The van der Waals surface area contributed by atoms with Crippen LogP contribution in [0, 0.1) is 0 Å². The molecule has 0 aliphatic heterocycles. The van der Waals surface area contributed by atoms with Crippen LogP contribution in [0.4, 0.5) is 5.69 Å². The van der Waals surface area contributed by atoms with Gasteiger partial charge in [-0.2, -0.15) is 0 Å². The number of hydrogen-bond donors (Lipinski definition) is 2. The maximum atomic E-state index is 10.9. The highest BCUT2D eigenvalue weighted by atomic mass is 35.5. The molecule has 0 aliphatic rings. The van der Waals surface area contributed by atoms with E-state index in [0.29, 0.717) is 28.4 Å². The number of nitrogens with one attached hydrogen (secondary N) is 1. The molecule has 1 rings (SSSR count). The molecule has 86 valence electrons. The van der Waals surface area contributed by atoms with Gasteiger partial charge in [0.05, 0.1) is 16.3 Å². The van der Waals surface area contributed by atoms with Crippen molar-refractivity contribution in [1.82, 2.24) is 0 Å². The van der Waals surface area contributed by atoms with E-state index in [1.165, 1.54) is 0 Å². The Morgan fingerprint density at radius 3 is 2.56 bits per heavy atom. The topological polar surface area (TPSA) is 49.3 Å². The molecular formula is C12H14ClNO2. The van der Waals surface area contributed by atoms with E-state index in [0.717, 1.165) is 0 Å². The zero-order valence-corrected chi connectivity index (χ0v) is 10.0. The minimum absolute atomic E-state index is 0.361. The van der Waals surface area contributed by atoms with Gasteiger partial charge in [0.1, 0.15) is 0 Å². The summed E-state index contributed by atoms with van der Waals surface area (Å²) in [4.78, 5) is 10.9. The van der Waals surface area contributed by atoms with Crippen molar-refractivity contribution >= 4 is 23.3 Å². The summed E-state index contributed by atoms with van der Waals surface area (Å²) in [6.07, 6.45) is 0.471. The average molecular weight is 240 g/mol. The van der Waals surface area contributed by atoms with Crippen LogP contribution in [-0.2, 0) is 4.79 Å². The summed E-state index contributed by atoms with van der Waals surface area (Å²) in [5.74, 6) is -0.903. The van der Waals surface area contributed by atoms with E-state index < -0.39 is 5.97 Å². The highest BCUT2D eigenvalue weighted by Gasteiger charge is 2.09. The Bertz CT molecular complexity index is 427. The molecule has 0 heterocycles. The van der Waals surface area contributed by atoms with E-state index >= 15 is 0 Å². The van der Waals surface area contributed by atoms with E-state index in [2.05, 4.69) is 5.32 Å². The Kier molecular flexibility index (Phi) is 4.38. The number of rotatable bonds is 4. The van der Waals surface area contributed by atoms with Crippen molar-refractivity contribution in [3.63, 3.8) is 0 Å². The van der Waals surface area contributed by atoms with Crippen LogP contribution in [0.1, 0.15) is 20.3 Å². The van der Waals surface area contributed by atoms with E-state index in [1.807, 2.05) is 12.1 Å². The number of anilines is 1. The second-order valence-corrected chi connectivity index (χ2v) is 3.77. The number of para-hydroxylation sites is 1. The number of benzene rings is 1. The summed E-state index contributed by atoms with van der Waals surface area (Å²) in [6, 6.07) is 7.23. The van der Waals surface area contributed by atoms with Crippen molar-refractivity contribution in [3.05, 3.63) is 40.6 Å². The number of hydrogen-bond acceptors (Lipinski definition) is 2. The SMILES string of the molecule is CC/C(C(=O)O)=C(\C)Nc1ccccc1Cl. The van der Waals surface area contributed by atoms with Gasteiger partial charge in [0, 0.05) is 5.70 Å². The molecule has 0 aliphatic carbocycles. The smallest absolute Gasteiger partial charge is 0.333 e. The molecule has 0 saturated heterocycles. The number of allylic oxidation sites excluding steroid dienone is 1. The third-order valence-corrected chi connectivity index (χ3v) is 2.59. The van der Waals surface area contributed by atoms with Crippen LogP contribution in [0.15, 0.2) is 35.5 Å². The summed E-state index contributed by atoms with van der Waals surface area (Å²) >= 11 is 5.96. The number of carboxylic acid groups (broad SMARTS) is 1. The first-order chi connectivity index (χ1) is 7.56. The normalized spacial score (nSPS) is 11.9. The zero-order valence-electron chi connectivity index (χ0n) is 9.25. The third kappa shape index (κ3) is 3.00. The maximum Gasteiger partial charge on any atom is 0.333 e. The molecule has 0 amide bonds. The van der Waals surface area contributed by atoms with Gasteiger partial charge in [-0.25, -0.2) is 4.79 Å². The fourth-order valence-electron chi connectivity index (χ4n) is 1.42. The van der Waals surface area contributed by atoms with Crippen LogP contribution >= 0.6 is 11.6 Å². The molecule has 0 spiro atoms. The van der Waals surface area contributed by atoms with Gasteiger partial charge >= 0.3 is 5.97 Å². The van der Waals surface area contributed by atoms with Gasteiger partial charge in [-0.3, -0.25) is 0 Å². The van der Waals surface area contributed by atoms with E-state index in [4.69, 9.17) is 16.7 Å². The highest BCUT2D eigenvalue weighted by Crippen LogP contribution is 2.23. The molecule has 0 aromatic heterocycles. The van der Waals surface area contributed by atoms with Crippen molar-refractivity contribution in [1.29, 1.82) is 0 Å². The molecule has 16 heavy (non-hydrogen) atoms. The van der Waals surface area contributed by atoms with Crippen molar-refractivity contribution in [3.8, 4) is 0 Å². The van der Waals surface area contributed by atoms with Gasteiger partial charge in [-0.05, 0) is 25.5 Å². The fraction of sp³-hybridized carbons (Fsp3) is 0.250. The molecule has 0 unspecified atom stereocenters. The van der Waals surface area contributed by atoms with Gasteiger partial charge < -0.3 is 10.4 Å².